The number of halogens is 2. The fourth-order valence-corrected chi connectivity index (χ4v) is 2.71. The van der Waals surface area contributed by atoms with Gasteiger partial charge in [-0.25, -0.2) is 9.37 Å². The lowest BCUT2D eigenvalue weighted by atomic mass is 9.88. The lowest BCUT2D eigenvalue weighted by Gasteiger charge is -2.16. The molecular weight excluding hydrogens is 315 g/mol. The van der Waals surface area contributed by atoms with Crippen LogP contribution in [0.25, 0.3) is 16.7 Å². The number of hydrogen-bond acceptors (Lipinski definition) is 2. The summed E-state index contributed by atoms with van der Waals surface area (Å²) < 4.78 is 21.0. The van der Waals surface area contributed by atoms with Gasteiger partial charge in [-0.05, 0) is 29.7 Å². The van der Waals surface area contributed by atoms with Crippen molar-refractivity contribution in [1.82, 2.24) is 9.55 Å². The van der Waals surface area contributed by atoms with Crippen LogP contribution in [0.5, 0.6) is 5.88 Å². The molecule has 120 valence electrons. The molecule has 0 amide bonds. The summed E-state index contributed by atoms with van der Waals surface area (Å²) >= 11 is 5.79. The fraction of sp³-hybridized carbons (Fsp3) is 0.278. The number of rotatable bonds is 2. The Balaban J connectivity index is 2.31. The third-order valence-corrected chi connectivity index (χ3v) is 4.13. The van der Waals surface area contributed by atoms with Gasteiger partial charge in [0.05, 0.1) is 23.2 Å². The van der Waals surface area contributed by atoms with Gasteiger partial charge in [0.25, 0.3) is 0 Å². The van der Waals surface area contributed by atoms with E-state index >= 15 is 0 Å². The summed E-state index contributed by atoms with van der Waals surface area (Å²) in [5.41, 5.74) is 3.43. The van der Waals surface area contributed by atoms with Gasteiger partial charge in [0.15, 0.2) is 0 Å². The molecule has 3 rings (SSSR count). The largest absolute Gasteiger partial charge is 0.481 e. The second-order valence-corrected chi connectivity index (χ2v) is 6.89. The molecule has 0 atom stereocenters. The van der Waals surface area contributed by atoms with E-state index in [9.17, 15) is 4.39 Å². The molecule has 0 saturated carbocycles. The number of pyridine rings is 1. The van der Waals surface area contributed by atoms with Crippen molar-refractivity contribution in [1.29, 1.82) is 0 Å². The van der Waals surface area contributed by atoms with Gasteiger partial charge in [-0.15, -0.1) is 0 Å². The normalized spacial score (nSPS) is 11.9. The molecule has 3 nitrogen and oxygen atoms in total. The molecule has 0 aliphatic heterocycles. The molecule has 2 heterocycles. The van der Waals surface area contributed by atoms with Crippen molar-refractivity contribution in [3.63, 3.8) is 0 Å². The first kappa shape index (κ1) is 15.8. The van der Waals surface area contributed by atoms with Crippen LogP contribution in [0.15, 0.2) is 36.5 Å². The van der Waals surface area contributed by atoms with Crippen molar-refractivity contribution in [3.8, 4) is 11.6 Å². The van der Waals surface area contributed by atoms with E-state index in [4.69, 9.17) is 16.3 Å². The highest BCUT2D eigenvalue weighted by Gasteiger charge is 2.22. The fourth-order valence-electron chi connectivity index (χ4n) is 2.60. The Morgan fingerprint density at radius 2 is 1.91 bits per heavy atom. The third-order valence-electron chi connectivity index (χ3n) is 3.82. The molecule has 0 spiro atoms. The van der Waals surface area contributed by atoms with Gasteiger partial charge in [0.2, 0.25) is 5.88 Å². The van der Waals surface area contributed by atoms with E-state index in [1.165, 1.54) is 6.07 Å². The van der Waals surface area contributed by atoms with Crippen LogP contribution in [0, 0.1) is 5.82 Å². The first-order chi connectivity index (χ1) is 10.8. The number of nitrogens with zero attached hydrogens (tertiary/aromatic N) is 2. The first-order valence-corrected chi connectivity index (χ1v) is 7.71. The van der Waals surface area contributed by atoms with Gasteiger partial charge in [0.1, 0.15) is 5.82 Å². The maximum Gasteiger partial charge on any atom is 0.213 e. The van der Waals surface area contributed by atoms with Crippen molar-refractivity contribution in [2.24, 2.45) is 0 Å². The number of ether oxygens (including phenoxy) is 1. The molecule has 23 heavy (non-hydrogen) atoms. The van der Waals surface area contributed by atoms with E-state index in [-0.39, 0.29) is 10.4 Å². The molecule has 1 aromatic carbocycles. The van der Waals surface area contributed by atoms with E-state index in [2.05, 4.69) is 25.8 Å². The highest BCUT2D eigenvalue weighted by atomic mass is 35.5. The summed E-state index contributed by atoms with van der Waals surface area (Å²) in [5.74, 6) is 0.118. The SMILES string of the molecule is COc1ccc2c(n1)c(C(C)(C)C)cn2-c1ccc(Cl)c(F)c1. The van der Waals surface area contributed by atoms with E-state index < -0.39 is 5.82 Å². The van der Waals surface area contributed by atoms with E-state index in [1.54, 1.807) is 25.3 Å². The van der Waals surface area contributed by atoms with Crippen LogP contribution < -0.4 is 4.74 Å². The Labute approximate surface area is 139 Å². The Morgan fingerprint density at radius 1 is 1.17 bits per heavy atom. The van der Waals surface area contributed by atoms with Crippen molar-refractivity contribution < 1.29 is 9.13 Å². The monoisotopic (exact) mass is 332 g/mol. The molecule has 0 N–H and O–H groups in total. The second-order valence-electron chi connectivity index (χ2n) is 6.48. The number of benzene rings is 1. The van der Waals surface area contributed by atoms with Crippen molar-refractivity contribution >= 4 is 22.6 Å². The van der Waals surface area contributed by atoms with Gasteiger partial charge in [0, 0.05) is 23.5 Å². The average Bonchev–Trinajstić information content (AvgIpc) is 2.88. The van der Waals surface area contributed by atoms with Crippen LogP contribution in [0.1, 0.15) is 26.3 Å². The maximum atomic E-state index is 13.8. The highest BCUT2D eigenvalue weighted by molar-refractivity contribution is 6.30. The predicted octanol–water partition coefficient (Wildman–Crippen LogP) is 5.12. The van der Waals surface area contributed by atoms with Crippen LogP contribution in [0.3, 0.4) is 0 Å². The number of aromatic nitrogens is 2. The molecule has 2 aromatic heterocycles. The van der Waals surface area contributed by atoms with E-state index in [0.29, 0.717) is 11.6 Å². The van der Waals surface area contributed by atoms with Crippen LogP contribution in [0.4, 0.5) is 4.39 Å². The van der Waals surface area contributed by atoms with Crippen molar-refractivity contribution in [2.75, 3.05) is 7.11 Å². The number of hydrogen-bond donors (Lipinski definition) is 0. The quantitative estimate of drug-likeness (QED) is 0.651. The minimum absolute atomic E-state index is 0.103. The van der Waals surface area contributed by atoms with Gasteiger partial charge in [-0.2, -0.15) is 0 Å². The maximum absolute atomic E-state index is 13.8. The number of methoxy groups -OCH3 is 1. The van der Waals surface area contributed by atoms with E-state index in [0.717, 1.165) is 16.6 Å². The first-order valence-electron chi connectivity index (χ1n) is 7.33. The summed E-state index contributed by atoms with van der Waals surface area (Å²) in [5, 5.41) is 0.112. The highest BCUT2D eigenvalue weighted by Crippen LogP contribution is 2.34. The Bertz CT molecular complexity index is 881. The van der Waals surface area contributed by atoms with Gasteiger partial charge in [-0.1, -0.05) is 32.4 Å². The standard InChI is InChI=1S/C18H18ClFN2O/c1-18(2,3)12-10-22(11-5-6-13(19)14(20)9-11)15-7-8-16(23-4)21-17(12)15/h5-10H,1-4H3. The number of fused-ring (bicyclic) bond motifs is 1. The smallest absolute Gasteiger partial charge is 0.213 e. The summed E-state index contributed by atoms with van der Waals surface area (Å²) in [6.45, 7) is 6.36. The molecule has 0 fully saturated rings. The lowest BCUT2D eigenvalue weighted by molar-refractivity contribution is 0.399. The average molecular weight is 333 g/mol. The van der Waals surface area contributed by atoms with Crippen molar-refractivity contribution in [2.45, 2.75) is 26.2 Å². The Morgan fingerprint density at radius 3 is 2.52 bits per heavy atom. The van der Waals surface area contributed by atoms with Gasteiger partial charge in [-0.3, -0.25) is 0 Å². The van der Waals surface area contributed by atoms with Crippen LogP contribution in [-0.4, -0.2) is 16.7 Å². The van der Waals surface area contributed by atoms with Crippen molar-refractivity contribution in [3.05, 3.63) is 52.9 Å². The molecule has 0 aliphatic rings. The molecule has 0 radical (unpaired) electrons. The van der Waals surface area contributed by atoms with Crippen LogP contribution >= 0.6 is 11.6 Å². The molecule has 0 aliphatic carbocycles. The zero-order valence-electron chi connectivity index (χ0n) is 13.5. The summed E-state index contributed by atoms with van der Waals surface area (Å²) in [7, 11) is 1.59. The Kier molecular flexibility index (Phi) is 3.80. The predicted molar refractivity (Wildman–Crippen MR) is 91.3 cm³/mol. The third kappa shape index (κ3) is 2.79. The molecule has 0 saturated heterocycles. The zero-order chi connectivity index (χ0) is 16.8. The summed E-state index contributed by atoms with van der Waals surface area (Å²) in [6.07, 6.45) is 2.00. The topological polar surface area (TPSA) is 27.1 Å². The van der Waals surface area contributed by atoms with Gasteiger partial charge < -0.3 is 9.30 Å². The Hall–Kier alpha value is -2.07. The van der Waals surface area contributed by atoms with Crippen LogP contribution in [-0.2, 0) is 5.41 Å². The molecule has 0 bridgehead atoms. The lowest BCUT2D eigenvalue weighted by Crippen LogP contribution is -2.10. The summed E-state index contributed by atoms with van der Waals surface area (Å²) in [4.78, 5) is 4.58. The molecule has 5 heteroatoms. The van der Waals surface area contributed by atoms with E-state index in [1.807, 2.05) is 16.8 Å². The van der Waals surface area contributed by atoms with Gasteiger partial charge >= 0.3 is 0 Å². The van der Waals surface area contributed by atoms with Crippen LogP contribution in [0.2, 0.25) is 5.02 Å². The zero-order valence-corrected chi connectivity index (χ0v) is 14.3. The molecule has 3 aromatic rings. The molecule has 0 unspecified atom stereocenters. The molecular formula is C18H18ClFN2O. The second kappa shape index (κ2) is 5.53. The minimum Gasteiger partial charge on any atom is -0.481 e. The minimum atomic E-state index is -0.440. The summed E-state index contributed by atoms with van der Waals surface area (Å²) in [6, 6.07) is 8.52.